The third-order valence-electron chi connectivity index (χ3n) is 4.67. The third kappa shape index (κ3) is 4.06. The maximum Gasteiger partial charge on any atom is 0.241 e. The van der Waals surface area contributed by atoms with E-state index in [0.29, 0.717) is 15.3 Å². The molecule has 0 unspecified atom stereocenters. The molecule has 2 heterocycles. The SMILES string of the molecule is Cc1cc(C)c(C)c(S(=O)(=O)NCc2ccc(C(=O)c3ccsc3)s2)c1C. The van der Waals surface area contributed by atoms with Crippen molar-refractivity contribution in [3.05, 3.63) is 72.6 Å². The summed E-state index contributed by atoms with van der Waals surface area (Å²) >= 11 is 2.80. The molecule has 0 aliphatic rings. The monoisotopic (exact) mass is 419 g/mol. The van der Waals surface area contributed by atoms with Crippen molar-refractivity contribution in [2.24, 2.45) is 0 Å². The second kappa shape index (κ2) is 7.67. The summed E-state index contributed by atoms with van der Waals surface area (Å²) in [7, 11) is -3.65. The third-order valence-corrected chi connectivity index (χ3v) is 8.11. The molecule has 142 valence electrons. The highest BCUT2D eigenvalue weighted by Crippen LogP contribution is 2.27. The molecule has 0 spiro atoms. The fourth-order valence-electron chi connectivity index (χ4n) is 2.95. The average molecular weight is 420 g/mol. The topological polar surface area (TPSA) is 63.2 Å². The number of sulfonamides is 1. The lowest BCUT2D eigenvalue weighted by molar-refractivity contribution is 0.104. The summed E-state index contributed by atoms with van der Waals surface area (Å²) in [5.41, 5.74) is 4.11. The fraction of sp³-hybridized carbons (Fsp3) is 0.250. The van der Waals surface area contributed by atoms with Crippen molar-refractivity contribution in [3.63, 3.8) is 0 Å². The van der Waals surface area contributed by atoms with Gasteiger partial charge in [-0.2, -0.15) is 11.3 Å². The highest BCUT2D eigenvalue weighted by atomic mass is 32.2. The van der Waals surface area contributed by atoms with E-state index in [1.165, 1.54) is 22.7 Å². The molecule has 0 aliphatic carbocycles. The summed E-state index contributed by atoms with van der Waals surface area (Å²) in [5, 5.41) is 3.68. The molecular weight excluding hydrogens is 398 g/mol. The molecule has 0 radical (unpaired) electrons. The maximum absolute atomic E-state index is 12.9. The van der Waals surface area contributed by atoms with Crippen LogP contribution < -0.4 is 4.72 Å². The fourth-order valence-corrected chi connectivity index (χ4v) is 6.21. The second-order valence-electron chi connectivity index (χ2n) is 6.52. The van der Waals surface area contributed by atoms with Crippen LogP contribution in [0.15, 0.2) is 39.9 Å². The quantitative estimate of drug-likeness (QED) is 0.586. The van der Waals surface area contributed by atoms with E-state index < -0.39 is 10.0 Å². The van der Waals surface area contributed by atoms with Crippen LogP contribution in [0.25, 0.3) is 0 Å². The molecule has 0 saturated heterocycles. The van der Waals surface area contributed by atoms with Crippen molar-refractivity contribution in [2.75, 3.05) is 0 Å². The van der Waals surface area contributed by atoms with Crippen LogP contribution in [0.3, 0.4) is 0 Å². The van der Waals surface area contributed by atoms with Crippen LogP contribution in [0, 0.1) is 27.7 Å². The number of carbonyl (C=O) groups is 1. The standard InChI is InChI=1S/C20H21NO3S3/c1-12-9-13(2)15(4)20(14(12)3)27(23,24)21-10-17-5-6-18(26-17)19(22)16-7-8-25-11-16/h5-9,11,21H,10H2,1-4H3. The summed E-state index contributed by atoms with van der Waals surface area (Å²) in [6.45, 7) is 7.67. The Hall–Kier alpha value is -1.80. The van der Waals surface area contributed by atoms with Gasteiger partial charge in [-0.3, -0.25) is 4.79 Å². The van der Waals surface area contributed by atoms with Crippen molar-refractivity contribution < 1.29 is 13.2 Å². The van der Waals surface area contributed by atoms with E-state index in [0.717, 1.165) is 27.1 Å². The van der Waals surface area contributed by atoms with Crippen LogP contribution in [0.5, 0.6) is 0 Å². The van der Waals surface area contributed by atoms with Gasteiger partial charge in [-0.15, -0.1) is 11.3 Å². The smallest absolute Gasteiger partial charge is 0.241 e. The zero-order valence-electron chi connectivity index (χ0n) is 15.6. The van der Waals surface area contributed by atoms with Crippen molar-refractivity contribution in [1.82, 2.24) is 4.72 Å². The summed E-state index contributed by atoms with van der Waals surface area (Å²) in [4.78, 5) is 14.2. The van der Waals surface area contributed by atoms with Crippen LogP contribution in [0.4, 0.5) is 0 Å². The Kier molecular flexibility index (Phi) is 5.67. The van der Waals surface area contributed by atoms with E-state index in [1.54, 1.807) is 18.2 Å². The van der Waals surface area contributed by atoms with Crippen molar-refractivity contribution in [3.8, 4) is 0 Å². The molecule has 1 N–H and O–H groups in total. The van der Waals surface area contributed by atoms with Crippen LogP contribution in [0.2, 0.25) is 0 Å². The lowest BCUT2D eigenvalue weighted by Crippen LogP contribution is -2.25. The first kappa shape index (κ1) is 19.9. The summed E-state index contributed by atoms with van der Waals surface area (Å²) in [6.07, 6.45) is 0. The second-order valence-corrected chi connectivity index (χ2v) is 10.2. The minimum absolute atomic E-state index is 0.0312. The van der Waals surface area contributed by atoms with E-state index in [2.05, 4.69) is 4.72 Å². The minimum Gasteiger partial charge on any atom is -0.288 e. The number of nitrogens with one attached hydrogen (secondary N) is 1. The Balaban J connectivity index is 1.80. The van der Waals surface area contributed by atoms with Gasteiger partial charge in [0, 0.05) is 22.4 Å². The van der Waals surface area contributed by atoms with E-state index in [-0.39, 0.29) is 12.3 Å². The van der Waals surface area contributed by atoms with Crippen molar-refractivity contribution in [2.45, 2.75) is 39.1 Å². The van der Waals surface area contributed by atoms with E-state index >= 15 is 0 Å². The number of hydrogen-bond donors (Lipinski definition) is 1. The first-order valence-corrected chi connectivity index (χ1v) is 11.7. The zero-order valence-corrected chi connectivity index (χ0v) is 18.1. The first-order valence-electron chi connectivity index (χ1n) is 8.43. The van der Waals surface area contributed by atoms with Crippen LogP contribution in [0.1, 0.15) is 42.4 Å². The molecule has 4 nitrogen and oxygen atoms in total. The number of hydrogen-bond acceptors (Lipinski definition) is 5. The highest BCUT2D eigenvalue weighted by molar-refractivity contribution is 7.89. The van der Waals surface area contributed by atoms with Crippen LogP contribution in [-0.2, 0) is 16.6 Å². The molecule has 0 atom stereocenters. The molecular formula is C20H21NO3S3. The largest absolute Gasteiger partial charge is 0.288 e. The summed E-state index contributed by atoms with van der Waals surface area (Å²) in [6, 6.07) is 7.35. The van der Waals surface area contributed by atoms with Crippen molar-refractivity contribution in [1.29, 1.82) is 0 Å². The summed E-state index contributed by atoms with van der Waals surface area (Å²) < 4.78 is 28.5. The van der Waals surface area contributed by atoms with Gasteiger partial charge < -0.3 is 0 Å². The van der Waals surface area contributed by atoms with Crippen LogP contribution in [-0.4, -0.2) is 14.2 Å². The molecule has 1 aromatic carbocycles. The normalized spacial score (nSPS) is 11.7. The predicted octanol–water partition coefficient (Wildman–Crippen LogP) is 4.75. The lowest BCUT2D eigenvalue weighted by Gasteiger charge is -2.16. The highest BCUT2D eigenvalue weighted by Gasteiger charge is 2.22. The Labute approximate surface area is 167 Å². The summed E-state index contributed by atoms with van der Waals surface area (Å²) in [5.74, 6) is -0.0312. The molecule has 7 heteroatoms. The predicted molar refractivity (Wildman–Crippen MR) is 111 cm³/mol. The number of carbonyl (C=O) groups excluding carboxylic acids is 1. The molecule has 2 aromatic heterocycles. The molecule has 0 fully saturated rings. The van der Waals surface area contributed by atoms with Gasteiger partial charge in [-0.1, -0.05) is 6.07 Å². The van der Waals surface area contributed by atoms with Gasteiger partial charge in [0.05, 0.1) is 9.77 Å². The van der Waals surface area contributed by atoms with Crippen LogP contribution >= 0.6 is 22.7 Å². The number of aryl methyl sites for hydroxylation is 2. The number of ketones is 1. The van der Waals surface area contributed by atoms with Gasteiger partial charge in [0.15, 0.2) is 0 Å². The Bertz CT molecular complexity index is 1070. The zero-order chi connectivity index (χ0) is 19.8. The van der Waals surface area contributed by atoms with Gasteiger partial charge in [0.1, 0.15) is 0 Å². The van der Waals surface area contributed by atoms with Gasteiger partial charge in [-0.25, -0.2) is 13.1 Å². The first-order chi connectivity index (χ1) is 12.7. The number of benzene rings is 1. The van der Waals surface area contributed by atoms with E-state index in [9.17, 15) is 13.2 Å². The Morgan fingerprint density at radius 1 is 1.04 bits per heavy atom. The minimum atomic E-state index is -3.65. The molecule has 0 amide bonds. The Morgan fingerprint density at radius 3 is 2.30 bits per heavy atom. The molecule has 0 saturated carbocycles. The average Bonchev–Trinajstić information content (AvgIpc) is 3.29. The maximum atomic E-state index is 12.9. The molecule has 27 heavy (non-hydrogen) atoms. The van der Waals surface area contributed by atoms with E-state index in [1.807, 2.05) is 44.5 Å². The van der Waals surface area contributed by atoms with Gasteiger partial charge in [-0.05, 0) is 73.5 Å². The van der Waals surface area contributed by atoms with E-state index in [4.69, 9.17) is 0 Å². The van der Waals surface area contributed by atoms with Gasteiger partial charge >= 0.3 is 0 Å². The molecule has 0 bridgehead atoms. The van der Waals surface area contributed by atoms with Gasteiger partial charge in [0.25, 0.3) is 0 Å². The molecule has 3 aromatic rings. The molecule has 0 aliphatic heterocycles. The number of rotatable bonds is 6. The molecule has 3 rings (SSSR count). The number of thiophene rings is 2. The van der Waals surface area contributed by atoms with Gasteiger partial charge in [0.2, 0.25) is 15.8 Å². The lowest BCUT2D eigenvalue weighted by atomic mass is 10.0. The Morgan fingerprint density at radius 2 is 1.70 bits per heavy atom. The van der Waals surface area contributed by atoms with Crippen molar-refractivity contribution >= 4 is 38.5 Å².